The fourth-order valence-electron chi connectivity index (χ4n) is 2.04. The van der Waals surface area contributed by atoms with Crippen LogP contribution in [0.25, 0.3) is 0 Å². The Bertz CT molecular complexity index is 346. The smallest absolute Gasteiger partial charge is 0.109 e. The zero-order valence-corrected chi connectivity index (χ0v) is 8.73. The molecule has 1 aliphatic heterocycles. The van der Waals surface area contributed by atoms with Crippen molar-refractivity contribution in [2.75, 3.05) is 6.61 Å². The summed E-state index contributed by atoms with van der Waals surface area (Å²) in [6.45, 7) is 4.33. The molecule has 0 saturated carbocycles. The van der Waals surface area contributed by atoms with Gasteiger partial charge in [-0.3, -0.25) is 0 Å². The van der Waals surface area contributed by atoms with Crippen molar-refractivity contribution in [3.05, 3.63) is 48.0 Å². The summed E-state index contributed by atoms with van der Waals surface area (Å²) in [4.78, 5) is 0. The van der Waals surface area contributed by atoms with E-state index in [0.29, 0.717) is 13.0 Å². The summed E-state index contributed by atoms with van der Waals surface area (Å²) in [7, 11) is 0. The first-order valence-corrected chi connectivity index (χ1v) is 5.31. The number of hydrogen-bond donors (Lipinski definition) is 1. The van der Waals surface area contributed by atoms with Crippen LogP contribution in [0, 0.1) is 0 Å². The van der Waals surface area contributed by atoms with Crippen LogP contribution >= 0.6 is 0 Å². The summed E-state index contributed by atoms with van der Waals surface area (Å²) in [5.41, 5.74) is 2.41. The van der Waals surface area contributed by atoms with Crippen molar-refractivity contribution in [2.24, 2.45) is 0 Å². The van der Waals surface area contributed by atoms with E-state index in [0.717, 1.165) is 12.0 Å². The number of benzene rings is 1. The van der Waals surface area contributed by atoms with Gasteiger partial charge in [-0.25, -0.2) is 0 Å². The van der Waals surface area contributed by atoms with Gasteiger partial charge in [0.1, 0.15) is 6.10 Å². The van der Waals surface area contributed by atoms with Crippen molar-refractivity contribution in [3.8, 4) is 0 Å². The molecule has 0 aliphatic carbocycles. The molecule has 1 aliphatic rings. The lowest BCUT2D eigenvalue weighted by atomic mass is 9.93. The lowest BCUT2D eigenvalue weighted by molar-refractivity contribution is -0.0450. The first-order chi connectivity index (χ1) is 7.33. The van der Waals surface area contributed by atoms with Gasteiger partial charge in [0.05, 0.1) is 12.7 Å². The molecule has 0 fully saturated rings. The van der Waals surface area contributed by atoms with E-state index in [9.17, 15) is 5.11 Å². The monoisotopic (exact) mass is 204 g/mol. The van der Waals surface area contributed by atoms with Crippen LogP contribution in [-0.2, 0) is 11.2 Å². The standard InChI is InChI=1S/C13H16O2/c1-2-5-12(14)13-11-7-4-3-6-10(11)8-9-15-13/h2-4,6-7,12-14H,1,5,8-9H2. The summed E-state index contributed by atoms with van der Waals surface area (Å²) in [6, 6.07) is 8.15. The van der Waals surface area contributed by atoms with Gasteiger partial charge >= 0.3 is 0 Å². The maximum Gasteiger partial charge on any atom is 0.109 e. The third-order valence-corrected chi connectivity index (χ3v) is 2.79. The molecule has 1 aromatic carbocycles. The molecule has 0 spiro atoms. The summed E-state index contributed by atoms with van der Waals surface area (Å²) in [6.07, 6.45) is 2.56. The van der Waals surface area contributed by atoms with Crippen LogP contribution in [0.15, 0.2) is 36.9 Å². The Balaban J connectivity index is 2.25. The van der Waals surface area contributed by atoms with Gasteiger partial charge in [-0.1, -0.05) is 30.3 Å². The van der Waals surface area contributed by atoms with Gasteiger partial charge in [-0.15, -0.1) is 6.58 Å². The second-order valence-corrected chi connectivity index (χ2v) is 3.83. The molecule has 0 bridgehead atoms. The number of rotatable bonds is 3. The number of fused-ring (bicyclic) bond motifs is 1. The third kappa shape index (κ3) is 2.11. The van der Waals surface area contributed by atoms with E-state index in [1.54, 1.807) is 6.08 Å². The van der Waals surface area contributed by atoms with Crippen LogP contribution in [0.4, 0.5) is 0 Å². The first kappa shape index (κ1) is 10.4. The Morgan fingerprint density at radius 2 is 2.33 bits per heavy atom. The minimum Gasteiger partial charge on any atom is -0.390 e. The summed E-state index contributed by atoms with van der Waals surface area (Å²) >= 11 is 0. The van der Waals surface area contributed by atoms with Crippen LogP contribution in [0.5, 0.6) is 0 Å². The molecule has 0 saturated heterocycles. The van der Waals surface area contributed by atoms with E-state index in [1.165, 1.54) is 5.56 Å². The van der Waals surface area contributed by atoms with Crippen LogP contribution in [0.1, 0.15) is 23.7 Å². The Morgan fingerprint density at radius 3 is 3.13 bits per heavy atom. The van der Waals surface area contributed by atoms with E-state index in [2.05, 4.69) is 12.6 Å². The Hall–Kier alpha value is -1.12. The molecule has 1 heterocycles. The number of aliphatic hydroxyl groups excluding tert-OH is 1. The molecular weight excluding hydrogens is 188 g/mol. The van der Waals surface area contributed by atoms with E-state index >= 15 is 0 Å². The van der Waals surface area contributed by atoms with Crippen molar-refractivity contribution >= 4 is 0 Å². The maximum atomic E-state index is 9.92. The van der Waals surface area contributed by atoms with Gasteiger partial charge < -0.3 is 9.84 Å². The van der Waals surface area contributed by atoms with Crippen LogP contribution in [0.3, 0.4) is 0 Å². The zero-order valence-electron chi connectivity index (χ0n) is 8.73. The lowest BCUT2D eigenvalue weighted by Gasteiger charge is -2.29. The van der Waals surface area contributed by atoms with Gasteiger partial charge in [-0.05, 0) is 24.0 Å². The van der Waals surface area contributed by atoms with E-state index in [4.69, 9.17) is 4.74 Å². The number of aliphatic hydroxyl groups is 1. The van der Waals surface area contributed by atoms with Crippen LogP contribution in [-0.4, -0.2) is 17.8 Å². The fraction of sp³-hybridized carbons (Fsp3) is 0.385. The highest BCUT2D eigenvalue weighted by atomic mass is 16.5. The SMILES string of the molecule is C=CCC(O)C1OCCc2ccccc21. The largest absolute Gasteiger partial charge is 0.390 e. The van der Waals surface area contributed by atoms with Crippen molar-refractivity contribution < 1.29 is 9.84 Å². The van der Waals surface area contributed by atoms with Gasteiger partial charge in [0.25, 0.3) is 0 Å². The molecule has 0 radical (unpaired) electrons. The second kappa shape index (κ2) is 4.60. The predicted molar refractivity (Wildman–Crippen MR) is 59.7 cm³/mol. The van der Waals surface area contributed by atoms with Gasteiger partial charge in [0, 0.05) is 0 Å². The zero-order chi connectivity index (χ0) is 10.7. The molecule has 1 N–H and O–H groups in total. The van der Waals surface area contributed by atoms with Crippen molar-refractivity contribution in [1.29, 1.82) is 0 Å². The molecule has 2 atom stereocenters. The predicted octanol–water partition coefficient (Wildman–Crippen LogP) is 2.24. The minimum absolute atomic E-state index is 0.187. The van der Waals surface area contributed by atoms with Crippen LogP contribution < -0.4 is 0 Å². The molecule has 15 heavy (non-hydrogen) atoms. The summed E-state index contributed by atoms with van der Waals surface area (Å²) in [5.74, 6) is 0. The molecule has 0 aromatic heterocycles. The molecule has 2 unspecified atom stereocenters. The van der Waals surface area contributed by atoms with Crippen molar-refractivity contribution in [1.82, 2.24) is 0 Å². The lowest BCUT2D eigenvalue weighted by Crippen LogP contribution is -2.26. The average Bonchev–Trinajstić information content (AvgIpc) is 2.28. The summed E-state index contributed by atoms with van der Waals surface area (Å²) in [5, 5.41) is 9.92. The molecule has 1 aromatic rings. The minimum atomic E-state index is -0.482. The molecule has 2 heteroatoms. The highest BCUT2D eigenvalue weighted by molar-refractivity contribution is 5.31. The van der Waals surface area contributed by atoms with Gasteiger partial charge in [0.2, 0.25) is 0 Å². The Kier molecular flexibility index (Phi) is 3.19. The van der Waals surface area contributed by atoms with Gasteiger partial charge in [-0.2, -0.15) is 0 Å². The molecular formula is C13H16O2. The quantitative estimate of drug-likeness (QED) is 0.765. The van der Waals surface area contributed by atoms with Crippen molar-refractivity contribution in [3.63, 3.8) is 0 Å². The third-order valence-electron chi connectivity index (χ3n) is 2.79. The number of ether oxygens (including phenoxy) is 1. The topological polar surface area (TPSA) is 29.5 Å². The highest BCUT2D eigenvalue weighted by Crippen LogP contribution is 2.30. The van der Waals surface area contributed by atoms with E-state index < -0.39 is 6.10 Å². The van der Waals surface area contributed by atoms with E-state index in [1.807, 2.05) is 18.2 Å². The van der Waals surface area contributed by atoms with Crippen LogP contribution in [0.2, 0.25) is 0 Å². The molecule has 80 valence electrons. The Labute approximate surface area is 90.2 Å². The summed E-state index contributed by atoms with van der Waals surface area (Å²) < 4.78 is 5.62. The van der Waals surface area contributed by atoms with Gasteiger partial charge in [0.15, 0.2) is 0 Å². The fourth-order valence-corrected chi connectivity index (χ4v) is 2.04. The Morgan fingerprint density at radius 1 is 1.53 bits per heavy atom. The normalized spacial score (nSPS) is 21.8. The van der Waals surface area contributed by atoms with Crippen molar-refractivity contribution in [2.45, 2.75) is 25.0 Å². The first-order valence-electron chi connectivity index (χ1n) is 5.31. The van der Waals surface area contributed by atoms with E-state index in [-0.39, 0.29) is 6.10 Å². The maximum absolute atomic E-state index is 9.92. The number of hydrogen-bond acceptors (Lipinski definition) is 2. The highest BCUT2D eigenvalue weighted by Gasteiger charge is 2.26. The molecule has 2 rings (SSSR count). The molecule has 2 nitrogen and oxygen atoms in total. The molecule has 0 amide bonds. The average molecular weight is 204 g/mol. The second-order valence-electron chi connectivity index (χ2n) is 3.83.